The van der Waals surface area contributed by atoms with E-state index in [4.69, 9.17) is 68.2 Å². The molecule has 234 valence electrons. The van der Waals surface area contributed by atoms with Crippen LogP contribution in [0, 0.1) is 10.1 Å². The lowest BCUT2D eigenvalue weighted by Crippen LogP contribution is -2.44. The van der Waals surface area contributed by atoms with Gasteiger partial charge in [0.25, 0.3) is 5.69 Å². The molecule has 0 radical (unpaired) electrons. The summed E-state index contributed by atoms with van der Waals surface area (Å²) >= 11 is 0. The van der Waals surface area contributed by atoms with Gasteiger partial charge in [0.1, 0.15) is 11.9 Å². The van der Waals surface area contributed by atoms with Crippen molar-refractivity contribution in [3.8, 4) is 0 Å². The van der Waals surface area contributed by atoms with Crippen LogP contribution in [0.5, 0.6) is 0 Å². The Morgan fingerprint density at radius 1 is 1.00 bits per heavy atom. The van der Waals surface area contributed by atoms with Crippen LogP contribution in [-0.4, -0.2) is 87.5 Å². The number of ether oxygens (including phenoxy) is 1. The summed E-state index contributed by atoms with van der Waals surface area (Å²) in [7, 11) is -13.9. The highest BCUT2D eigenvalue weighted by atomic mass is 31.2. The first-order chi connectivity index (χ1) is 18.4. The Bertz CT molecular complexity index is 1280. The largest absolute Gasteiger partial charge is 0.466 e. The van der Waals surface area contributed by atoms with Crippen LogP contribution < -0.4 is 11.4 Å². The van der Waals surface area contributed by atoms with E-state index in [1.165, 1.54) is 24.4 Å². The lowest BCUT2D eigenvalue weighted by Gasteiger charge is -2.31. The van der Waals surface area contributed by atoms with Gasteiger partial charge in [0.15, 0.2) is 5.72 Å². The van der Waals surface area contributed by atoms with Crippen LogP contribution in [0.25, 0.3) is 0 Å². The molecule has 0 spiro atoms. The molecule has 1 saturated heterocycles. The lowest BCUT2D eigenvalue weighted by atomic mass is 9.96. The van der Waals surface area contributed by atoms with Gasteiger partial charge in [-0.25, -0.2) is 18.5 Å². The van der Waals surface area contributed by atoms with E-state index in [1.807, 2.05) is 0 Å². The molecule has 41 heavy (non-hydrogen) atoms. The fraction of sp³-hybridized carbons (Fsp3) is 0.375. The zero-order chi connectivity index (χ0) is 32.4. The van der Waals surface area contributed by atoms with Crippen LogP contribution in [0.3, 0.4) is 0 Å². The fourth-order valence-corrected chi connectivity index (χ4v) is 3.24. The Hall–Kier alpha value is -2.49. The summed E-state index contributed by atoms with van der Waals surface area (Å²) in [6.45, 7) is -0.461. The predicted octanol–water partition coefficient (Wildman–Crippen LogP) is -3.01. The first kappa shape index (κ1) is 38.5. The van der Waals surface area contributed by atoms with E-state index in [0.717, 1.165) is 4.57 Å². The molecule has 22 nitrogen and oxygen atoms in total. The first-order valence-corrected chi connectivity index (χ1v) is 15.0. The maximum atomic E-state index is 12.4. The van der Waals surface area contributed by atoms with Gasteiger partial charge in [0.2, 0.25) is 0 Å². The number of aliphatic hydroxyl groups is 2. The molecule has 2 aromatic rings. The third kappa shape index (κ3) is 17.2. The van der Waals surface area contributed by atoms with Crippen molar-refractivity contribution in [1.82, 2.24) is 9.55 Å². The van der Waals surface area contributed by atoms with Crippen molar-refractivity contribution < 1.29 is 77.6 Å². The molecule has 13 N–H and O–H groups in total. The lowest BCUT2D eigenvalue weighted by molar-refractivity contribution is -0.385. The van der Waals surface area contributed by atoms with E-state index in [0.29, 0.717) is 5.56 Å². The summed E-state index contributed by atoms with van der Waals surface area (Å²) in [5.41, 5.74) is 3.57. The highest BCUT2D eigenvalue weighted by molar-refractivity contribution is 7.45. The smallest absolute Gasteiger partial charge is 0.394 e. The minimum atomic E-state index is -4.64. The van der Waals surface area contributed by atoms with Gasteiger partial charge < -0.3 is 64.7 Å². The highest BCUT2D eigenvalue weighted by Crippen LogP contribution is 2.39. The number of para-hydroxylation sites is 1. The normalized spacial score (nSPS) is 20.4. The number of hydrogen-bond donors (Lipinski definition) is 12. The number of rotatable bonds is 5. The molecular weight excluding hydrogens is 629 g/mol. The van der Waals surface area contributed by atoms with Crippen molar-refractivity contribution in [1.29, 1.82) is 0 Å². The summed E-state index contributed by atoms with van der Waals surface area (Å²) in [6, 6.07) is 7.46. The number of aromatic nitrogens is 2. The molecule has 25 heteroatoms. The van der Waals surface area contributed by atoms with Crippen molar-refractivity contribution in [2.75, 3.05) is 12.3 Å². The molecule has 3 rings (SSSR count). The Morgan fingerprint density at radius 3 is 1.85 bits per heavy atom. The van der Waals surface area contributed by atoms with Gasteiger partial charge in [-0.1, -0.05) is 18.2 Å². The number of benzene rings is 1. The molecular formula is C16H27N4O18P3. The minimum absolute atomic E-state index is 0.0179. The minimum Gasteiger partial charge on any atom is -0.394 e. The SMILES string of the molecule is Nc1ccn([C@@]2(Cc3ccccc3[N+](=O)[O-])C[C@H](O)[C@@H](CO)O2)c(=O)n1.O=P(O)(O)O.O=P(O)(O)O.O=P(O)(O)O. The Kier molecular flexibility index (Phi) is 14.7. The zero-order valence-electron chi connectivity index (χ0n) is 20.3. The van der Waals surface area contributed by atoms with Crippen LogP contribution in [0.4, 0.5) is 11.5 Å². The summed E-state index contributed by atoms with van der Waals surface area (Å²) in [4.78, 5) is 91.5. The number of nitro groups is 1. The standard InChI is InChI=1S/C16H18N4O6.3H3O4P/c17-14-5-6-19(15(23)18-14)16(8-12(22)13(9-21)26-16)7-10-3-1-2-4-11(10)20(24)25;3*1-5(2,3)4/h1-6,12-13,21-22H,7-9H2,(H2,17,18,23);3*(H3,1,2,3,4)/t12-,13+,16+;;;/m0.../s1. The third-order valence-corrected chi connectivity index (χ3v) is 4.43. The monoisotopic (exact) mass is 656 g/mol. The van der Waals surface area contributed by atoms with Gasteiger partial charge >= 0.3 is 29.2 Å². The van der Waals surface area contributed by atoms with Crippen LogP contribution in [0.2, 0.25) is 0 Å². The number of nitro benzene ring substituents is 1. The van der Waals surface area contributed by atoms with Crippen molar-refractivity contribution >= 4 is 35.0 Å². The average molecular weight is 656 g/mol. The highest BCUT2D eigenvalue weighted by Gasteiger charge is 2.48. The number of nitrogens with two attached hydrogens (primary N) is 1. The number of aliphatic hydroxyl groups excluding tert-OH is 2. The molecule has 1 aliphatic rings. The first-order valence-electron chi connectivity index (χ1n) is 10.3. The second kappa shape index (κ2) is 15.7. The van der Waals surface area contributed by atoms with Crippen LogP contribution in [0.1, 0.15) is 12.0 Å². The summed E-state index contributed by atoms with van der Waals surface area (Å²) in [5.74, 6) is 0.0179. The molecule has 0 aliphatic carbocycles. The van der Waals surface area contributed by atoms with E-state index in [2.05, 4.69) is 4.98 Å². The number of anilines is 1. The van der Waals surface area contributed by atoms with Gasteiger partial charge in [0, 0.05) is 30.7 Å². The molecule has 1 aromatic heterocycles. The van der Waals surface area contributed by atoms with E-state index in [1.54, 1.807) is 12.1 Å². The Morgan fingerprint density at radius 2 is 1.46 bits per heavy atom. The molecule has 1 aromatic carbocycles. The number of hydrogen-bond acceptors (Lipinski definition) is 11. The molecule has 1 fully saturated rings. The second-order valence-corrected chi connectivity index (χ2v) is 10.7. The van der Waals surface area contributed by atoms with Crippen LogP contribution >= 0.6 is 23.5 Å². The van der Waals surface area contributed by atoms with Crippen molar-refractivity contribution in [3.05, 3.63) is 62.7 Å². The molecule has 2 heterocycles. The molecule has 0 unspecified atom stereocenters. The average Bonchev–Trinajstić information content (AvgIpc) is 3.06. The van der Waals surface area contributed by atoms with Gasteiger partial charge in [-0.15, -0.1) is 0 Å². The fourth-order valence-electron chi connectivity index (χ4n) is 3.24. The Balaban J connectivity index is 0.000000880. The van der Waals surface area contributed by atoms with Gasteiger partial charge in [-0.05, 0) is 6.07 Å². The van der Waals surface area contributed by atoms with E-state index in [9.17, 15) is 25.1 Å². The second-order valence-electron chi connectivity index (χ2n) is 7.66. The van der Waals surface area contributed by atoms with Crippen molar-refractivity contribution in [2.24, 2.45) is 0 Å². The Labute approximate surface area is 228 Å². The van der Waals surface area contributed by atoms with Gasteiger partial charge in [0.05, 0.1) is 17.6 Å². The maximum absolute atomic E-state index is 12.4. The summed E-state index contributed by atoms with van der Waals surface area (Å²) in [5, 5.41) is 30.9. The van der Waals surface area contributed by atoms with Crippen molar-refractivity contribution in [2.45, 2.75) is 30.8 Å². The molecule has 0 bridgehead atoms. The number of nitrogen functional groups attached to an aromatic ring is 1. The third-order valence-electron chi connectivity index (χ3n) is 4.43. The maximum Gasteiger partial charge on any atom is 0.466 e. The van der Waals surface area contributed by atoms with Crippen LogP contribution in [0.15, 0.2) is 41.3 Å². The van der Waals surface area contributed by atoms with E-state index in [-0.39, 0.29) is 24.3 Å². The zero-order valence-corrected chi connectivity index (χ0v) is 23.0. The predicted molar refractivity (Wildman–Crippen MR) is 133 cm³/mol. The molecule has 0 amide bonds. The van der Waals surface area contributed by atoms with E-state index < -0.39 is 58.6 Å². The molecule has 0 saturated carbocycles. The van der Waals surface area contributed by atoms with Gasteiger partial charge in [-0.3, -0.25) is 14.7 Å². The summed E-state index contributed by atoms with van der Waals surface area (Å²) in [6.07, 6.45) is -0.722. The quantitative estimate of drug-likeness (QED) is 0.0865. The number of phosphoric acid groups is 3. The topological polar surface area (TPSA) is 387 Å². The van der Waals surface area contributed by atoms with E-state index >= 15 is 0 Å². The number of nitrogens with zero attached hydrogens (tertiary/aromatic N) is 3. The molecule has 1 aliphatic heterocycles. The van der Waals surface area contributed by atoms with Gasteiger partial charge in [-0.2, -0.15) is 4.98 Å². The summed E-state index contributed by atoms with van der Waals surface area (Å²) < 4.78 is 33.6. The van der Waals surface area contributed by atoms with Crippen molar-refractivity contribution in [3.63, 3.8) is 0 Å². The molecule has 3 atom stereocenters. The van der Waals surface area contributed by atoms with Crippen LogP contribution in [-0.2, 0) is 30.6 Å².